The second-order valence-corrected chi connectivity index (χ2v) is 6.90. The molecule has 1 amide bonds. The lowest BCUT2D eigenvalue weighted by atomic mass is 9.84. The first-order chi connectivity index (χ1) is 12.4. The molecule has 0 spiro atoms. The Hall–Kier alpha value is -2.29. The van der Waals surface area contributed by atoms with Crippen molar-refractivity contribution in [1.82, 2.24) is 20.4 Å². The van der Waals surface area contributed by atoms with E-state index in [9.17, 15) is 18.0 Å². The van der Waals surface area contributed by atoms with Gasteiger partial charge in [0.25, 0.3) is 5.91 Å². The molecule has 0 saturated carbocycles. The van der Waals surface area contributed by atoms with Gasteiger partial charge in [0.1, 0.15) is 5.75 Å². The first kappa shape index (κ1) is 17.1. The molecular weight excluding hydrogens is 349 g/mol. The first-order valence-corrected chi connectivity index (χ1v) is 8.60. The van der Waals surface area contributed by atoms with E-state index in [1.165, 1.54) is 12.1 Å². The van der Waals surface area contributed by atoms with Gasteiger partial charge in [0.05, 0.1) is 5.52 Å². The number of fused-ring (bicyclic) bond motifs is 4. The topological polar surface area (TPSA) is 70.2 Å². The summed E-state index contributed by atoms with van der Waals surface area (Å²) in [5, 5.41) is 10.3. The van der Waals surface area contributed by atoms with Crippen LogP contribution < -0.4 is 10.1 Å². The summed E-state index contributed by atoms with van der Waals surface area (Å²) in [7, 11) is 0. The van der Waals surface area contributed by atoms with Crippen LogP contribution in [0.15, 0.2) is 18.2 Å². The van der Waals surface area contributed by atoms with Gasteiger partial charge in [-0.2, -0.15) is 18.3 Å². The Balaban J connectivity index is 1.51. The zero-order chi connectivity index (χ0) is 18.3. The number of halogens is 3. The molecule has 1 aromatic heterocycles. The van der Waals surface area contributed by atoms with E-state index in [-0.39, 0.29) is 23.4 Å². The summed E-state index contributed by atoms with van der Waals surface area (Å²) in [6.45, 7) is 1.60. The smallest absolute Gasteiger partial charge is 0.422 e. The Morgan fingerprint density at radius 1 is 1.35 bits per heavy atom. The Kier molecular flexibility index (Phi) is 4.26. The minimum Gasteiger partial charge on any atom is -0.484 e. The van der Waals surface area contributed by atoms with Crippen LogP contribution in [-0.2, 0) is 0 Å². The summed E-state index contributed by atoms with van der Waals surface area (Å²) < 4.78 is 41.7. The van der Waals surface area contributed by atoms with E-state index in [1.54, 1.807) is 6.07 Å². The van der Waals surface area contributed by atoms with E-state index < -0.39 is 12.8 Å². The molecule has 6 nitrogen and oxygen atoms in total. The molecule has 3 saturated heterocycles. The second-order valence-electron chi connectivity index (χ2n) is 6.90. The van der Waals surface area contributed by atoms with Crippen molar-refractivity contribution in [2.24, 2.45) is 5.92 Å². The van der Waals surface area contributed by atoms with Gasteiger partial charge < -0.3 is 15.0 Å². The monoisotopic (exact) mass is 368 g/mol. The Morgan fingerprint density at radius 2 is 2.12 bits per heavy atom. The summed E-state index contributed by atoms with van der Waals surface area (Å²) in [5.41, 5.74) is 0.748. The van der Waals surface area contributed by atoms with Gasteiger partial charge in [-0.25, -0.2) is 0 Å². The number of aromatic amines is 1. The van der Waals surface area contributed by atoms with Crippen LogP contribution in [-0.4, -0.2) is 59.5 Å². The average Bonchev–Trinajstić information content (AvgIpc) is 3.04. The molecule has 5 rings (SSSR count). The van der Waals surface area contributed by atoms with Crippen LogP contribution in [0.4, 0.5) is 13.2 Å². The lowest BCUT2D eigenvalue weighted by Gasteiger charge is -2.44. The molecule has 2 N–H and O–H groups in total. The van der Waals surface area contributed by atoms with Gasteiger partial charge in [-0.05, 0) is 50.0 Å². The van der Waals surface area contributed by atoms with Crippen LogP contribution in [0.2, 0.25) is 0 Å². The van der Waals surface area contributed by atoms with Gasteiger partial charge >= 0.3 is 6.18 Å². The Morgan fingerprint density at radius 3 is 2.77 bits per heavy atom. The number of nitrogens with one attached hydrogen (secondary N) is 2. The molecular formula is C17H19F3N4O2. The summed E-state index contributed by atoms with van der Waals surface area (Å²) in [6, 6.07) is 4.47. The molecule has 0 radical (unpaired) electrons. The molecule has 2 bridgehead atoms. The third-order valence-corrected chi connectivity index (χ3v) is 5.12. The molecule has 0 aliphatic carbocycles. The van der Waals surface area contributed by atoms with Crippen molar-refractivity contribution in [3.63, 3.8) is 0 Å². The number of carbonyl (C=O) groups is 1. The maximum absolute atomic E-state index is 12.7. The zero-order valence-electron chi connectivity index (χ0n) is 14.0. The van der Waals surface area contributed by atoms with E-state index in [4.69, 9.17) is 4.74 Å². The van der Waals surface area contributed by atoms with Crippen LogP contribution in [0.1, 0.15) is 23.3 Å². The minimum atomic E-state index is -4.42. The second kappa shape index (κ2) is 6.46. The van der Waals surface area contributed by atoms with Crippen LogP contribution in [0.3, 0.4) is 0 Å². The fraction of sp³-hybridized carbons (Fsp3) is 0.529. The molecule has 140 valence electrons. The van der Waals surface area contributed by atoms with Crippen molar-refractivity contribution in [3.8, 4) is 5.75 Å². The summed E-state index contributed by atoms with van der Waals surface area (Å²) >= 11 is 0. The van der Waals surface area contributed by atoms with Gasteiger partial charge in [0.2, 0.25) is 0 Å². The van der Waals surface area contributed by atoms with Crippen molar-refractivity contribution in [1.29, 1.82) is 0 Å². The predicted molar refractivity (Wildman–Crippen MR) is 88.1 cm³/mol. The maximum atomic E-state index is 12.7. The van der Waals surface area contributed by atoms with Gasteiger partial charge in [0.15, 0.2) is 12.3 Å². The summed E-state index contributed by atoms with van der Waals surface area (Å²) in [6.07, 6.45) is -2.27. The van der Waals surface area contributed by atoms with Gasteiger partial charge in [-0.15, -0.1) is 0 Å². The van der Waals surface area contributed by atoms with E-state index in [0.717, 1.165) is 32.5 Å². The van der Waals surface area contributed by atoms with E-state index in [1.807, 2.05) is 0 Å². The number of piperidine rings is 3. The highest BCUT2D eigenvalue weighted by Crippen LogP contribution is 2.28. The quantitative estimate of drug-likeness (QED) is 0.869. The third kappa shape index (κ3) is 3.48. The Bertz CT molecular complexity index is 812. The highest BCUT2D eigenvalue weighted by atomic mass is 19.4. The number of H-pyrrole nitrogens is 1. The number of ether oxygens (including phenoxy) is 1. The molecule has 26 heavy (non-hydrogen) atoms. The zero-order valence-corrected chi connectivity index (χ0v) is 14.0. The van der Waals surface area contributed by atoms with Crippen molar-refractivity contribution in [2.75, 3.05) is 26.2 Å². The van der Waals surface area contributed by atoms with E-state index >= 15 is 0 Å². The predicted octanol–water partition coefficient (Wildman–Crippen LogP) is 2.33. The SMILES string of the molecule is O=C(N[C@@H]1CN2CCC1CC2)c1n[nH]c2ccc(OCC(F)(F)F)cc12. The van der Waals surface area contributed by atoms with Crippen molar-refractivity contribution in [2.45, 2.75) is 25.1 Å². The number of hydrogen-bond acceptors (Lipinski definition) is 4. The van der Waals surface area contributed by atoms with Gasteiger partial charge in [0, 0.05) is 18.0 Å². The summed E-state index contributed by atoms with van der Waals surface area (Å²) in [4.78, 5) is 15.0. The van der Waals surface area contributed by atoms with E-state index in [0.29, 0.717) is 16.8 Å². The van der Waals surface area contributed by atoms with Crippen molar-refractivity contribution >= 4 is 16.8 Å². The van der Waals surface area contributed by atoms with Gasteiger partial charge in [-0.3, -0.25) is 9.89 Å². The number of hydrogen-bond donors (Lipinski definition) is 2. The molecule has 9 heteroatoms. The number of carbonyl (C=O) groups excluding carboxylic acids is 1. The lowest BCUT2D eigenvalue weighted by molar-refractivity contribution is -0.153. The number of aromatic nitrogens is 2. The molecule has 1 aromatic carbocycles. The number of benzene rings is 1. The number of rotatable bonds is 4. The van der Waals surface area contributed by atoms with Crippen molar-refractivity contribution in [3.05, 3.63) is 23.9 Å². The number of amides is 1. The molecule has 4 heterocycles. The fourth-order valence-electron chi connectivity index (χ4n) is 3.79. The standard InChI is InChI=1S/C17H19F3N4O2/c18-17(19,20)9-26-11-1-2-13-12(7-11)15(23-22-13)16(25)21-14-8-24-5-3-10(14)4-6-24/h1-2,7,10,14H,3-6,8-9H2,(H,21,25)(H,22,23)/t14-/m1/s1. The number of alkyl halides is 3. The Labute approximate surface area is 147 Å². The average molecular weight is 368 g/mol. The molecule has 1 atom stereocenters. The fourth-order valence-corrected chi connectivity index (χ4v) is 3.79. The molecule has 3 fully saturated rings. The molecule has 2 aromatic rings. The van der Waals surface area contributed by atoms with Crippen LogP contribution in [0, 0.1) is 5.92 Å². The van der Waals surface area contributed by atoms with Crippen molar-refractivity contribution < 1.29 is 22.7 Å². The van der Waals surface area contributed by atoms with E-state index in [2.05, 4.69) is 20.4 Å². The van der Waals surface area contributed by atoms with Gasteiger partial charge in [-0.1, -0.05) is 0 Å². The third-order valence-electron chi connectivity index (χ3n) is 5.12. The van der Waals surface area contributed by atoms with Crippen LogP contribution >= 0.6 is 0 Å². The minimum absolute atomic E-state index is 0.0492. The highest BCUT2D eigenvalue weighted by molar-refractivity contribution is 6.05. The molecule has 3 aliphatic rings. The van der Waals surface area contributed by atoms with Crippen LogP contribution in [0.25, 0.3) is 10.9 Å². The molecule has 0 unspecified atom stereocenters. The normalized spacial score (nSPS) is 25.4. The highest BCUT2D eigenvalue weighted by Gasteiger charge is 2.35. The largest absolute Gasteiger partial charge is 0.484 e. The molecule has 3 aliphatic heterocycles. The summed E-state index contributed by atoms with van der Waals surface area (Å²) in [5.74, 6) is 0.205. The van der Waals surface area contributed by atoms with Crippen LogP contribution in [0.5, 0.6) is 5.75 Å². The lowest BCUT2D eigenvalue weighted by Crippen LogP contribution is -2.57. The number of nitrogens with zero attached hydrogens (tertiary/aromatic N) is 2. The maximum Gasteiger partial charge on any atom is 0.422 e. The first-order valence-electron chi connectivity index (χ1n) is 8.60.